The van der Waals surface area contributed by atoms with E-state index in [0.717, 1.165) is 22.6 Å². The number of hydrogen-bond donors (Lipinski definition) is 0. The second-order valence-corrected chi connectivity index (χ2v) is 6.33. The van der Waals surface area contributed by atoms with Gasteiger partial charge in [0, 0.05) is 11.2 Å². The third-order valence-corrected chi connectivity index (χ3v) is 3.80. The van der Waals surface area contributed by atoms with Crippen molar-refractivity contribution in [2.75, 3.05) is 0 Å². The van der Waals surface area contributed by atoms with Gasteiger partial charge in [-0.15, -0.1) is 11.6 Å². The number of halogens is 3. The highest BCUT2D eigenvalue weighted by molar-refractivity contribution is 6.31. The fourth-order valence-electron chi connectivity index (χ4n) is 2.28. The largest absolute Gasteiger partial charge is 0.307 e. The van der Waals surface area contributed by atoms with Crippen molar-refractivity contribution in [3.63, 3.8) is 0 Å². The van der Waals surface area contributed by atoms with Crippen LogP contribution in [-0.4, -0.2) is 14.5 Å². The second-order valence-electron chi connectivity index (χ2n) is 4.80. The van der Waals surface area contributed by atoms with Gasteiger partial charge in [0.25, 0.3) is 0 Å². The van der Waals surface area contributed by atoms with Crippen LogP contribution in [0.25, 0.3) is 11.2 Å². The maximum Gasteiger partial charge on any atom is 0.160 e. The SMILES string of the molecule is CC(Cl)c1nc2cc(Cl)cnc2n1Cc1cccc(Cl)c1. The first kappa shape index (κ1) is 14.6. The normalized spacial score (nSPS) is 12.8. The van der Waals surface area contributed by atoms with E-state index in [1.165, 1.54) is 0 Å². The van der Waals surface area contributed by atoms with Crippen LogP contribution in [0.2, 0.25) is 10.0 Å². The Kier molecular flexibility index (Phi) is 4.07. The standard InChI is InChI=1S/C15H12Cl3N3/c1-9(16)14-20-13-6-12(18)7-19-15(13)21(14)8-10-3-2-4-11(17)5-10/h2-7,9H,8H2,1H3. The molecule has 3 aromatic rings. The minimum atomic E-state index is -0.225. The van der Waals surface area contributed by atoms with Gasteiger partial charge >= 0.3 is 0 Å². The lowest BCUT2D eigenvalue weighted by molar-refractivity contribution is 0.736. The molecule has 3 nitrogen and oxygen atoms in total. The van der Waals surface area contributed by atoms with Crippen molar-refractivity contribution in [2.24, 2.45) is 0 Å². The van der Waals surface area contributed by atoms with E-state index in [1.54, 1.807) is 12.3 Å². The van der Waals surface area contributed by atoms with Crippen LogP contribution < -0.4 is 0 Å². The van der Waals surface area contributed by atoms with Crippen molar-refractivity contribution in [1.29, 1.82) is 0 Å². The maximum atomic E-state index is 6.25. The Morgan fingerprint density at radius 3 is 2.71 bits per heavy atom. The number of aromatic nitrogens is 3. The Balaban J connectivity index is 2.13. The average molecular weight is 341 g/mol. The van der Waals surface area contributed by atoms with Crippen molar-refractivity contribution in [2.45, 2.75) is 18.8 Å². The second kappa shape index (κ2) is 5.84. The average Bonchev–Trinajstić information content (AvgIpc) is 2.77. The Labute approximate surface area is 137 Å². The van der Waals surface area contributed by atoms with Gasteiger partial charge in [-0.3, -0.25) is 0 Å². The molecule has 0 saturated carbocycles. The zero-order valence-corrected chi connectivity index (χ0v) is 13.5. The van der Waals surface area contributed by atoms with Crippen LogP contribution in [0, 0.1) is 0 Å². The summed E-state index contributed by atoms with van der Waals surface area (Å²) in [6.45, 7) is 2.50. The number of imidazole rings is 1. The van der Waals surface area contributed by atoms with E-state index in [9.17, 15) is 0 Å². The molecule has 0 fully saturated rings. The predicted molar refractivity (Wildman–Crippen MR) is 87.4 cm³/mol. The highest BCUT2D eigenvalue weighted by atomic mass is 35.5. The summed E-state index contributed by atoms with van der Waals surface area (Å²) < 4.78 is 2.00. The van der Waals surface area contributed by atoms with Gasteiger partial charge in [-0.2, -0.15) is 0 Å². The predicted octanol–water partition coefficient (Wildman–Crippen LogP) is 5.09. The van der Waals surface area contributed by atoms with E-state index in [1.807, 2.05) is 35.8 Å². The summed E-state index contributed by atoms with van der Waals surface area (Å²) in [4.78, 5) is 8.92. The van der Waals surface area contributed by atoms with Crippen LogP contribution >= 0.6 is 34.8 Å². The zero-order chi connectivity index (χ0) is 15.0. The minimum Gasteiger partial charge on any atom is -0.307 e. The van der Waals surface area contributed by atoms with Crippen LogP contribution in [0.5, 0.6) is 0 Å². The van der Waals surface area contributed by atoms with Gasteiger partial charge in [-0.05, 0) is 30.7 Å². The molecule has 0 aliphatic carbocycles. The molecule has 0 aliphatic rings. The van der Waals surface area contributed by atoms with Gasteiger partial charge in [0.05, 0.1) is 16.9 Å². The van der Waals surface area contributed by atoms with Gasteiger partial charge in [0.1, 0.15) is 11.3 Å². The number of hydrogen-bond acceptors (Lipinski definition) is 2. The molecule has 1 atom stereocenters. The summed E-state index contributed by atoms with van der Waals surface area (Å²) in [7, 11) is 0. The summed E-state index contributed by atoms with van der Waals surface area (Å²) in [5.41, 5.74) is 2.58. The summed E-state index contributed by atoms with van der Waals surface area (Å²) >= 11 is 18.3. The molecule has 0 amide bonds. The maximum absolute atomic E-state index is 6.25. The van der Waals surface area contributed by atoms with E-state index in [-0.39, 0.29) is 5.38 Å². The third kappa shape index (κ3) is 3.00. The lowest BCUT2D eigenvalue weighted by atomic mass is 10.2. The fourth-order valence-corrected chi connectivity index (χ4v) is 2.81. The van der Waals surface area contributed by atoms with Crippen molar-refractivity contribution in [1.82, 2.24) is 14.5 Å². The number of alkyl halides is 1. The van der Waals surface area contributed by atoms with Gasteiger partial charge in [0.2, 0.25) is 0 Å². The molecule has 1 aromatic carbocycles. The molecule has 3 rings (SSSR count). The lowest BCUT2D eigenvalue weighted by Crippen LogP contribution is -2.06. The van der Waals surface area contributed by atoms with Crippen molar-refractivity contribution in [3.05, 3.63) is 58.0 Å². The highest BCUT2D eigenvalue weighted by Gasteiger charge is 2.16. The number of benzene rings is 1. The Bertz CT molecular complexity index is 796. The van der Waals surface area contributed by atoms with Crippen molar-refractivity contribution in [3.8, 4) is 0 Å². The molecule has 0 radical (unpaired) electrons. The van der Waals surface area contributed by atoms with Crippen LogP contribution in [0.4, 0.5) is 0 Å². The van der Waals surface area contributed by atoms with Gasteiger partial charge in [-0.25, -0.2) is 9.97 Å². The lowest BCUT2D eigenvalue weighted by Gasteiger charge is -2.10. The quantitative estimate of drug-likeness (QED) is 0.622. The number of rotatable bonds is 3. The molecule has 2 heterocycles. The molecule has 0 spiro atoms. The molecule has 0 bridgehead atoms. The molecule has 2 aromatic heterocycles. The van der Waals surface area contributed by atoms with Gasteiger partial charge in [-0.1, -0.05) is 35.3 Å². The monoisotopic (exact) mass is 339 g/mol. The van der Waals surface area contributed by atoms with Gasteiger partial charge in [0.15, 0.2) is 5.65 Å². The Hall–Kier alpha value is -1.29. The highest BCUT2D eigenvalue weighted by Crippen LogP contribution is 2.26. The summed E-state index contributed by atoms with van der Waals surface area (Å²) in [6, 6.07) is 9.49. The van der Waals surface area contributed by atoms with Crippen LogP contribution in [0.1, 0.15) is 23.7 Å². The number of nitrogens with zero attached hydrogens (tertiary/aromatic N) is 3. The number of fused-ring (bicyclic) bond motifs is 1. The van der Waals surface area contributed by atoms with E-state index in [0.29, 0.717) is 16.6 Å². The minimum absolute atomic E-state index is 0.225. The molecule has 0 saturated heterocycles. The summed E-state index contributed by atoms with van der Waals surface area (Å²) in [5.74, 6) is 0.765. The van der Waals surface area contributed by atoms with Gasteiger partial charge < -0.3 is 4.57 Å². The summed E-state index contributed by atoms with van der Waals surface area (Å²) in [5, 5.41) is 1.04. The molecule has 1 unspecified atom stereocenters. The Morgan fingerprint density at radius 1 is 1.19 bits per heavy atom. The smallest absolute Gasteiger partial charge is 0.160 e. The van der Waals surface area contributed by atoms with E-state index in [4.69, 9.17) is 34.8 Å². The summed E-state index contributed by atoms with van der Waals surface area (Å²) in [6.07, 6.45) is 1.61. The first-order valence-corrected chi connectivity index (χ1v) is 7.64. The van der Waals surface area contributed by atoms with Crippen LogP contribution in [0.3, 0.4) is 0 Å². The zero-order valence-electron chi connectivity index (χ0n) is 11.2. The first-order valence-electron chi connectivity index (χ1n) is 6.45. The third-order valence-electron chi connectivity index (χ3n) is 3.17. The van der Waals surface area contributed by atoms with Crippen LogP contribution in [0.15, 0.2) is 36.5 Å². The fraction of sp³-hybridized carbons (Fsp3) is 0.200. The molecule has 21 heavy (non-hydrogen) atoms. The van der Waals surface area contributed by atoms with E-state index in [2.05, 4.69) is 9.97 Å². The molecular weight excluding hydrogens is 329 g/mol. The topological polar surface area (TPSA) is 30.7 Å². The Morgan fingerprint density at radius 2 is 2.00 bits per heavy atom. The molecule has 6 heteroatoms. The van der Waals surface area contributed by atoms with Crippen molar-refractivity contribution >= 4 is 46.0 Å². The number of pyridine rings is 1. The van der Waals surface area contributed by atoms with E-state index < -0.39 is 0 Å². The molecule has 0 N–H and O–H groups in total. The van der Waals surface area contributed by atoms with E-state index >= 15 is 0 Å². The van der Waals surface area contributed by atoms with Crippen molar-refractivity contribution < 1.29 is 0 Å². The van der Waals surface area contributed by atoms with Crippen LogP contribution in [-0.2, 0) is 6.54 Å². The molecule has 0 aliphatic heterocycles. The molecular formula is C15H12Cl3N3. The molecule has 108 valence electrons. The first-order chi connectivity index (χ1) is 10.0.